The predicted octanol–water partition coefficient (Wildman–Crippen LogP) is 1.16. The number of aromatic nitrogens is 3. The number of hydrogen-bond donors (Lipinski definition) is 5. The van der Waals surface area contributed by atoms with E-state index < -0.39 is 23.9 Å². The molecule has 14 nitrogen and oxygen atoms in total. The Morgan fingerprint density at radius 1 is 0.825 bits per heavy atom. The van der Waals surface area contributed by atoms with Gasteiger partial charge in [0.1, 0.15) is 0 Å². The van der Waals surface area contributed by atoms with Crippen molar-refractivity contribution in [2.45, 2.75) is 12.6 Å². The summed E-state index contributed by atoms with van der Waals surface area (Å²) in [5.41, 5.74) is 7.49. The molecule has 1 aromatic carbocycles. The van der Waals surface area contributed by atoms with E-state index in [0.29, 0.717) is 24.3 Å². The second-order valence-electron chi connectivity index (χ2n) is 7.94. The van der Waals surface area contributed by atoms with Gasteiger partial charge in [-0.15, -0.1) is 11.3 Å². The predicted molar refractivity (Wildman–Crippen MR) is 146 cm³/mol. The van der Waals surface area contributed by atoms with Gasteiger partial charge in [-0.1, -0.05) is 12.1 Å². The van der Waals surface area contributed by atoms with Crippen molar-refractivity contribution in [1.82, 2.24) is 19.9 Å². The van der Waals surface area contributed by atoms with Crippen LogP contribution in [0, 0.1) is 0 Å². The number of piperazine rings is 1. The van der Waals surface area contributed by atoms with Crippen LogP contribution in [-0.4, -0.2) is 96.5 Å². The molecule has 0 saturated carbocycles. The first-order valence-corrected chi connectivity index (χ1v) is 12.5. The number of benzene rings is 1. The molecular weight excluding hydrogens is 544 g/mol. The van der Waals surface area contributed by atoms with Gasteiger partial charge in [0, 0.05) is 69.3 Å². The van der Waals surface area contributed by atoms with Crippen molar-refractivity contribution >= 4 is 51.4 Å². The molecule has 1 saturated heterocycles. The lowest BCUT2D eigenvalue weighted by molar-refractivity contribution is -0.134. The number of fused-ring (bicyclic) bond motifs is 1. The van der Waals surface area contributed by atoms with E-state index in [-0.39, 0.29) is 6.17 Å². The van der Waals surface area contributed by atoms with Crippen LogP contribution in [0.15, 0.2) is 67.0 Å². The van der Waals surface area contributed by atoms with E-state index in [1.165, 1.54) is 4.70 Å². The maximum atomic E-state index is 9.55. The van der Waals surface area contributed by atoms with Crippen LogP contribution in [0.25, 0.3) is 10.2 Å². The lowest BCUT2D eigenvalue weighted by atomic mass is 10.2. The minimum Gasteiger partial charge on any atom is -0.478 e. The largest absolute Gasteiger partial charge is 0.478 e. The number of anilines is 1. The van der Waals surface area contributed by atoms with Crippen LogP contribution >= 0.6 is 11.3 Å². The molecule has 3 heterocycles. The Morgan fingerprint density at radius 2 is 1.32 bits per heavy atom. The third kappa shape index (κ3) is 11.8. The lowest BCUT2D eigenvalue weighted by Crippen LogP contribution is -2.54. The third-order valence-electron chi connectivity index (χ3n) is 5.08. The van der Waals surface area contributed by atoms with Crippen LogP contribution in [0.1, 0.15) is 5.01 Å². The van der Waals surface area contributed by atoms with E-state index >= 15 is 0 Å². The van der Waals surface area contributed by atoms with E-state index in [1.807, 2.05) is 12.1 Å². The Labute approximate surface area is 232 Å². The topological polar surface area (TPSA) is 220 Å². The van der Waals surface area contributed by atoms with Crippen LogP contribution in [0.3, 0.4) is 0 Å². The average molecular weight is 573 g/mol. The number of aliphatic carboxylic acids is 4. The summed E-state index contributed by atoms with van der Waals surface area (Å²) in [5.74, 6) is -4.23. The quantitative estimate of drug-likeness (QED) is 0.239. The van der Waals surface area contributed by atoms with Crippen LogP contribution in [0.2, 0.25) is 0 Å². The van der Waals surface area contributed by atoms with Crippen molar-refractivity contribution in [3.63, 3.8) is 0 Å². The molecule has 2 aromatic heterocycles. The molecule has 40 heavy (non-hydrogen) atoms. The first kappa shape index (κ1) is 31.5. The van der Waals surface area contributed by atoms with Gasteiger partial charge >= 0.3 is 23.9 Å². The number of thiazole rings is 1. The molecule has 4 rings (SSSR count). The molecule has 1 aliphatic heterocycles. The fourth-order valence-corrected chi connectivity index (χ4v) is 4.33. The Kier molecular flexibility index (Phi) is 12.8. The summed E-state index contributed by atoms with van der Waals surface area (Å²) in [5, 5.41) is 32.4. The number of nitrogens with two attached hydrogens (primary N) is 1. The molecule has 1 unspecified atom stereocenters. The van der Waals surface area contributed by atoms with Gasteiger partial charge in [-0.2, -0.15) is 0 Å². The highest BCUT2D eigenvalue weighted by Crippen LogP contribution is 2.23. The van der Waals surface area contributed by atoms with Crippen LogP contribution in [0.4, 0.5) is 5.95 Å². The molecule has 0 aliphatic carbocycles. The molecule has 212 valence electrons. The number of carboxylic acid groups (broad SMARTS) is 4. The van der Waals surface area contributed by atoms with Crippen LogP contribution in [0.5, 0.6) is 0 Å². The van der Waals surface area contributed by atoms with Gasteiger partial charge in [-0.05, 0) is 18.2 Å². The molecule has 1 fully saturated rings. The number of hydrogen-bond acceptors (Lipinski definition) is 11. The smallest absolute Gasteiger partial charge is 0.328 e. The van der Waals surface area contributed by atoms with Gasteiger partial charge in [0.25, 0.3) is 0 Å². The SMILES string of the molecule is NC(Cc1nc2ccccc2s1)N1CCN(c2ncccn2)CC1.O=C(O)C=CC(=O)O.O=C(O)C=CC(=O)O. The summed E-state index contributed by atoms with van der Waals surface area (Å²) < 4.78 is 1.23. The van der Waals surface area contributed by atoms with Gasteiger partial charge < -0.3 is 31.1 Å². The zero-order valence-corrected chi connectivity index (χ0v) is 21.9. The van der Waals surface area contributed by atoms with Gasteiger partial charge in [-0.25, -0.2) is 34.1 Å². The summed E-state index contributed by atoms with van der Waals surface area (Å²) in [6.45, 7) is 3.64. The molecule has 0 amide bonds. The molecule has 15 heteroatoms. The molecule has 0 spiro atoms. The summed E-state index contributed by atoms with van der Waals surface area (Å²) in [4.78, 5) is 56.1. The standard InChI is InChI=1S/C17H20N6S.2C4H4O4/c18-15(12-16-21-13-4-1-2-5-14(13)24-16)22-8-10-23(11-9-22)17-19-6-3-7-20-17;2*5-3(6)1-2-4(7)8/h1-7,15H,8-12,18H2;2*1-2H,(H,5,6)(H,7,8). The van der Waals surface area contributed by atoms with E-state index in [4.69, 9.17) is 31.1 Å². The van der Waals surface area contributed by atoms with Gasteiger partial charge in [0.2, 0.25) is 5.95 Å². The fraction of sp³-hybridized carbons (Fsp3) is 0.240. The monoisotopic (exact) mass is 572 g/mol. The first-order valence-electron chi connectivity index (χ1n) is 11.7. The summed E-state index contributed by atoms with van der Waals surface area (Å²) in [6, 6.07) is 10.1. The maximum absolute atomic E-state index is 9.55. The lowest BCUT2D eigenvalue weighted by Gasteiger charge is -2.37. The van der Waals surface area contributed by atoms with Crippen molar-refractivity contribution in [3.8, 4) is 0 Å². The number of carbonyl (C=O) groups is 4. The van der Waals surface area contributed by atoms with Crippen molar-refractivity contribution in [1.29, 1.82) is 0 Å². The minimum absolute atomic E-state index is 0.00408. The highest BCUT2D eigenvalue weighted by atomic mass is 32.1. The summed E-state index contributed by atoms with van der Waals surface area (Å²) in [7, 11) is 0. The highest BCUT2D eigenvalue weighted by molar-refractivity contribution is 7.18. The van der Waals surface area contributed by atoms with Gasteiger partial charge in [0.15, 0.2) is 0 Å². The first-order chi connectivity index (χ1) is 19.0. The molecule has 6 N–H and O–H groups in total. The van der Waals surface area contributed by atoms with Gasteiger partial charge in [-0.3, -0.25) is 4.90 Å². The molecule has 1 aliphatic rings. The number of rotatable bonds is 8. The van der Waals surface area contributed by atoms with Crippen molar-refractivity contribution < 1.29 is 39.6 Å². The van der Waals surface area contributed by atoms with Crippen molar-refractivity contribution in [3.05, 3.63) is 72.0 Å². The Morgan fingerprint density at radius 3 is 1.80 bits per heavy atom. The summed E-state index contributed by atoms with van der Waals surface area (Å²) in [6.07, 6.45) is 6.60. The molecule has 0 radical (unpaired) electrons. The molecular formula is C25H28N6O8S. The fourth-order valence-electron chi connectivity index (χ4n) is 3.31. The Balaban J connectivity index is 0.000000290. The van der Waals surface area contributed by atoms with E-state index in [1.54, 1.807) is 23.7 Å². The Bertz CT molecular complexity index is 1240. The van der Waals surface area contributed by atoms with Crippen LogP contribution in [-0.2, 0) is 25.6 Å². The van der Waals surface area contributed by atoms with Crippen LogP contribution < -0.4 is 10.6 Å². The second kappa shape index (κ2) is 16.3. The second-order valence-corrected chi connectivity index (χ2v) is 9.05. The van der Waals surface area contributed by atoms with E-state index in [0.717, 1.165) is 49.1 Å². The minimum atomic E-state index is -1.26. The normalized spacial score (nSPS) is 14.2. The van der Waals surface area contributed by atoms with E-state index in [9.17, 15) is 19.2 Å². The zero-order valence-electron chi connectivity index (χ0n) is 21.1. The Hall–Kier alpha value is -4.73. The average Bonchev–Trinajstić information content (AvgIpc) is 3.34. The maximum Gasteiger partial charge on any atom is 0.328 e. The zero-order chi connectivity index (χ0) is 29.5. The van der Waals surface area contributed by atoms with Gasteiger partial charge in [0.05, 0.1) is 21.4 Å². The molecule has 1 atom stereocenters. The number of nitrogens with zero attached hydrogens (tertiary/aromatic N) is 5. The van der Waals surface area contributed by atoms with Crippen molar-refractivity contribution in [2.24, 2.45) is 5.73 Å². The van der Waals surface area contributed by atoms with E-state index in [2.05, 4.69) is 38.0 Å². The number of carboxylic acids is 4. The molecule has 0 bridgehead atoms. The van der Waals surface area contributed by atoms with Crippen molar-refractivity contribution in [2.75, 3.05) is 31.1 Å². The third-order valence-corrected chi connectivity index (χ3v) is 6.14. The highest BCUT2D eigenvalue weighted by Gasteiger charge is 2.23. The molecule has 3 aromatic rings. The summed E-state index contributed by atoms with van der Waals surface area (Å²) >= 11 is 1.74. The number of para-hydroxylation sites is 1.